The zero-order valence-electron chi connectivity index (χ0n) is 21.8. The molecule has 5 rings (SSSR count). The summed E-state index contributed by atoms with van der Waals surface area (Å²) in [5.41, 5.74) is 8.90. The first-order chi connectivity index (χ1) is 17.4. The zero-order chi connectivity index (χ0) is 27.2. The summed E-state index contributed by atoms with van der Waals surface area (Å²) < 4.78 is 0. The Labute approximate surface area is 219 Å². The van der Waals surface area contributed by atoms with Gasteiger partial charge in [0.05, 0.1) is 11.2 Å². The summed E-state index contributed by atoms with van der Waals surface area (Å²) in [6, 6.07) is 34.9. The molecule has 192 valence electrons. The summed E-state index contributed by atoms with van der Waals surface area (Å²) in [7, 11) is -2.17. The topological polar surface area (TPSA) is 101 Å². The quantitative estimate of drug-likeness (QED) is 0.224. The van der Waals surface area contributed by atoms with Gasteiger partial charge in [0.1, 0.15) is 0 Å². The third-order valence-electron chi connectivity index (χ3n) is 6.63. The molecule has 0 bridgehead atoms. The number of hydrogen-bond donors (Lipinski definition) is 5. The molecule has 4 aromatic carbocycles. The second-order valence-corrected chi connectivity index (χ2v) is 10.0. The summed E-state index contributed by atoms with van der Waals surface area (Å²) in [4.78, 5) is 0. The van der Waals surface area contributed by atoms with Gasteiger partial charge in [0.2, 0.25) is 0 Å². The predicted octanol–water partition coefficient (Wildman–Crippen LogP) is 5.07. The summed E-state index contributed by atoms with van der Waals surface area (Å²) >= 11 is 0. The first kappa shape index (κ1) is 28.3. The van der Waals surface area contributed by atoms with Crippen LogP contribution in [0.4, 0.5) is 0 Å². The lowest BCUT2D eigenvalue weighted by molar-refractivity contribution is -0.107. The van der Waals surface area contributed by atoms with E-state index in [0.29, 0.717) is 0 Å². The Hall–Kier alpha value is -3.26. The molecule has 5 N–H and O–H groups in total. The first-order valence-corrected chi connectivity index (χ1v) is 12.2. The Bertz CT molecular complexity index is 1280. The van der Waals surface area contributed by atoms with Gasteiger partial charge in [-0.15, -0.1) is 0 Å². The molecule has 4 aromatic rings. The van der Waals surface area contributed by atoms with Gasteiger partial charge in [-0.25, -0.2) is 0 Å². The number of hydrogen-bond acceptors (Lipinski definition) is 5. The van der Waals surface area contributed by atoms with Gasteiger partial charge in [-0.3, -0.25) is 0 Å². The number of benzene rings is 4. The van der Waals surface area contributed by atoms with Gasteiger partial charge in [0.25, 0.3) is 0 Å². The predicted molar refractivity (Wildman–Crippen MR) is 151 cm³/mol. The molecule has 37 heavy (non-hydrogen) atoms. The van der Waals surface area contributed by atoms with E-state index in [4.69, 9.17) is 25.3 Å². The largest absolute Gasteiger partial charge is 0.631 e. The maximum absolute atomic E-state index is 9.10. The second kappa shape index (κ2) is 11.9. The van der Waals surface area contributed by atoms with E-state index in [2.05, 4.69) is 97.1 Å². The zero-order valence-corrected chi connectivity index (χ0v) is 21.8. The van der Waals surface area contributed by atoms with Crippen molar-refractivity contribution >= 4 is 7.32 Å². The lowest BCUT2D eigenvalue weighted by Crippen LogP contribution is -2.44. The van der Waals surface area contributed by atoms with Crippen LogP contribution in [-0.2, 0) is 6.42 Å². The second-order valence-electron chi connectivity index (χ2n) is 10.0. The Balaban J connectivity index is 0.000000268. The molecule has 0 unspecified atom stereocenters. The Morgan fingerprint density at radius 3 is 1.49 bits per heavy atom. The van der Waals surface area contributed by atoms with Crippen LogP contribution in [0, 0.1) is 0 Å². The van der Waals surface area contributed by atoms with Crippen LogP contribution in [0.15, 0.2) is 97.1 Å². The number of aliphatic hydroxyl groups is 2. The molecule has 5 nitrogen and oxygen atoms in total. The Kier molecular flexibility index (Phi) is 9.08. The van der Waals surface area contributed by atoms with Gasteiger partial charge in [-0.1, -0.05) is 97.1 Å². The van der Waals surface area contributed by atoms with E-state index in [0.717, 1.165) is 6.42 Å². The molecule has 0 amide bonds. The molecule has 0 fully saturated rings. The van der Waals surface area contributed by atoms with Crippen LogP contribution < -0.4 is 0 Å². The highest BCUT2D eigenvalue weighted by Crippen LogP contribution is 2.45. The molecule has 0 aromatic heterocycles. The monoisotopic (exact) mass is 498 g/mol. The fourth-order valence-electron chi connectivity index (χ4n) is 4.00. The molecule has 0 spiro atoms. The van der Waals surface area contributed by atoms with Gasteiger partial charge in [-0.2, -0.15) is 0 Å². The molecular formula is C31H35BO5. The third kappa shape index (κ3) is 7.16. The van der Waals surface area contributed by atoms with Crippen molar-refractivity contribution in [3.8, 4) is 33.4 Å². The van der Waals surface area contributed by atoms with Crippen LogP contribution in [0.2, 0.25) is 0 Å². The molecule has 0 heterocycles. The molecular weight excluding hydrogens is 463 g/mol. The van der Waals surface area contributed by atoms with Crippen LogP contribution in [0.5, 0.6) is 0 Å². The van der Waals surface area contributed by atoms with Crippen LogP contribution in [0.25, 0.3) is 33.4 Å². The van der Waals surface area contributed by atoms with Crippen molar-refractivity contribution in [1.82, 2.24) is 0 Å². The standard InChI is InChI=1S/C25H18.C6H14O2.BH3O3/c1-3-9-18(10-4-1)22-15-16-23-21-14-8-7-13-20(21)17-24(23)25(22)19-11-5-2-6-12-19;1-5(2,7)6(3,4)8;2-1(3)4/h1-16H,17H2;7-8H,1-4H3;2-4H. The highest BCUT2D eigenvalue weighted by Gasteiger charge is 2.32. The smallest absolute Gasteiger partial charge is 0.402 e. The van der Waals surface area contributed by atoms with Crippen molar-refractivity contribution in [2.24, 2.45) is 0 Å². The molecule has 0 saturated carbocycles. The summed E-state index contributed by atoms with van der Waals surface area (Å²) in [6.07, 6.45) is 1.01. The fraction of sp³-hybridized carbons (Fsp3) is 0.226. The van der Waals surface area contributed by atoms with Gasteiger partial charge >= 0.3 is 7.32 Å². The van der Waals surface area contributed by atoms with Crippen molar-refractivity contribution in [1.29, 1.82) is 0 Å². The maximum atomic E-state index is 9.10. The van der Waals surface area contributed by atoms with Crippen molar-refractivity contribution in [3.05, 3.63) is 108 Å². The SMILES string of the molecule is CC(C)(O)C(C)(C)O.OB(O)O.c1ccc(-c2ccc3c(c2-c2ccccc2)Cc2ccccc2-3)cc1. The molecule has 0 radical (unpaired) electrons. The number of rotatable bonds is 3. The van der Waals surface area contributed by atoms with Gasteiger partial charge in [-0.05, 0) is 78.6 Å². The van der Waals surface area contributed by atoms with Gasteiger partial charge in [0.15, 0.2) is 0 Å². The Morgan fingerprint density at radius 1 is 0.541 bits per heavy atom. The summed E-state index contributed by atoms with van der Waals surface area (Å²) in [5.74, 6) is 0. The first-order valence-electron chi connectivity index (χ1n) is 12.2. The molecule has 0 atom stereocenters. The van der Waals surface area contributed by atoms with E-state index < -0.39 is 18.5 Å². The van der Waals surface area contributed by atoms with E-state index in [1.165, 1.54) is 44.5 Å². The maximum Gasteiger partial charge on any atom is 0.631 e. The highest BCUT2D eigenvalue weighted by atomic mass is 16.5. The van der Waals surface area contributed by atoms with Crippen LogP contribution >= 0.6 is 0 Å². The average Bonchev–Trinajstić information content (AvgIpc) is 3.22. The van der Waals surface area contributed by atoms with Crippen LogP contribution in [0.3, 0.4) is 0 Å². The molecule has 0 saturated heterocycles. The fourth-order valence-corrected chi connectivity index (χ4v) is 4.00. The number of fused-ring (bicyclic) bond motifs is 3. The minimum absolute atomic E-state index is 1.01. The average molecular weight is 498 g/mol. The highest BCUT2D eigenvalue weighted by molar-refractivity contribution is 6.30. The molecule has 0 aliphatic heterocycles. The van der Waals surface area contributed by atoms with E-state index in [9.17, 15) is 0 Å². The van der Waals surface area contributed by atoms with E-state index in [1.807, 2.05) is 0 Å². The van der Waals surface area contributed by atoms with E-state index in [1.54, 1.807) is 27.7 Å². The molecule has 1 aliphatic carbocycles. The van der Waals surface area contributed by atoms with Gasteiger partial charge in [0, 0.05) is 0 Å². The van der Waals surface area contributed by atoms with Crippen LogP contribution in [0.1, 0.15) is 38.8 Å². The minimum Gasteiger partial charge on any atom is -0.402 e. The minimum atomic E-state index is -2.17. The van der Waals surface area contributed by atoms with Gasteiger partial charge < -0.3 is 25.3 Å². The van der Waals surface area contributed by atoms with Crippen molar-refractivity contribution in [3.63, 3.8) is 0 Å². The van der Waals surface area contributed by atoms with Crippen LogP contribution in [-0.4, -0.2) is 43.8 Å². The molecule has 6 heteroatoms. The lowest BCUT2D eigenvalue weighted by Gasteiger charge is -2.31. The summed E-state index contributed by atoms with van der Waals surface area (Å²) in [5, 5.41) is 39.7. The lowest BCUT2D eigenvalue weighted by atomic mass is 9.88. The molecule has 1 aliphatic rings. The Morgan fingerprint density at radius 2 is 0.973 bits per heavy atom. The third-order valence-corrected chi connectivity index (χ3v) is 6.63. The van der Waals surface area contributed by atoms with Crippen molar-refractivity contribution < 1.29 is 25.3 Å². The normalized spacial score (nSPS) is 11.8. The summed E-state index contributed by atoms with van der Waals surface area (Å²) in [6.45, 7) is 6.31. The van der Waals surface area contributed by atoms with E-state index >= 15 is 0 Å². The van der Waals surface area contributed by atoms with Crippen molar-refractivity contribution in [2.75, 3.05) is 0 Å². The van der Waals surface area contributed by atoms with Crippen molar-refractivity contribution in [2.45, 2.75) is 45.3 Å². The van der Waals surface area contributed by atoms with E-state index in [-0.39, 0.29) is 0 Å².